The van der Waals surface area contributed by atoms with Gasteiger partial charge in [0, 0.05) is 11.9 Å². The molecule has 0 aliphatic heterocycles. The molecule has 4 nitrogen and oxygen atoms in total. The number of rotatable bonds is 8. The van der Waals surface area contributed by atoms with Gasteiger partial charge < -0.3 is 10.1 Å². The van der Waals surface area contributed by atoms with Crippen molar-refractivity contribution in [2.24, 2.45) is 0 Å². The summed E-state index contributed by atoms with van der Waals surface area (Å²) in [6.45, 7) is -0.326. The monoisotopic (exact) mass is 402 g/mol. The number of benzene rings is 2. The molecule has 0 fully saturated rings. The summed E-state index contributed by atoms with van der Waals surface area (Å²) in [4.78, 5) is 16.6. The fraction of sp³-hybridized carbons (Fsp3) is 0.238. The summed E-state index contributed by atoms with van der Waals surface area (Å²) in [7, 11) is 0. The van der Waals surface area contributed by atoms with Gasteiger partial charge in [-0.1, -0.05) is 42.1 Å². The van der Waals surface area contributed by atoms with E-state index in [1.807, 2.05) is 37.3 Å². The maximum Gasteiger partial charge on any atom is 0.387 e. The molecule has 0 aliphatic rings. The number of para-hydroxylation sites is 1. The number of thioether (sulfide) groups is 1. The summed E-state index contributed by atoms with van der Waals surface area (Å²) in [6, 6.07) is 16.3. The van der Waals surface area contributed by atoms with Gasteiger partial charge in [-0.3, -0.25) is 4.79 Å². The smallest absolute Gasteiger partial charge is 0.387 e. The number of ether oxygens (including phenoxy) is 1. The van der Waals surface area contributed by atoms with Crippen molar-refractivity contribution in [3.63, 3.8) is 0 Å². The molecule has 7 heteroatoms. The molecule has 0 aliphatic carbocycles. The first-order valence-electron chi connectivity index (χ1n) is 8.81. The van der Waals surface area contributed by atoms with Crippen molar-refractivity contribution in [1.29, 1.82) is 0 Å². The first-order chi connectivity index (χ1) is 13.5. The van der Waals surface area contributed by atoms with Gasteiger partial charge in [-0.15, -0.1) is 0 Å². The molecule has 0 saturated heterocycles. The molecule has 0 spiro atoms. The Labute approximate surface area is 166 Å². The maximum atomic E-state index is 12.1. The van der Waals surface area contributed by atoms with E-state index in [4.69, 9.17) is 0 Å². The third-order valence-electron chi connectivity index (χ3n) is 4.14. The Bertz CT molecular complexity index is 949. The highest BCUT2D eigenvalue weighted by Crippen LogP contribution is 2.23. The molecular weight excluding hydrogens is 382 g/mol. The van der Waals surface area contributed by atoms with Crippen LogP contribution in [0.3, 0.4) is 0 Å². The van der Waals surface area contributed by atoms with Crippen LogP contribution in [0, 0.1) is 6.92 Å². The Morgan fingerprint density at radius 3 is 2.68 bits per heavy atom. The van der Waals surface area contributed by atoms with Crippen molar-refractivity contribution in [1.82, 2.24) is 10.3 Å². The Morgan fingerprint density at radius 2 is 1.93 bits per heavy atom. The van der Waals surface area contributed by atoms with Crippen LogP contribution in [0.25, 0.3) is 10.9 Å². The predicted octanol–water partition coefficient (Wildman–Crippen LogP) is 4.60. The van der Waals surface area contributed by atoms with Crippen molar-refractivity contribution in [3.8, 4) is 5.75 Å². The molecule has 146 valence electrons. The first kappa shape index (κ1) is 20.1. The van der Waals surface area contributed by atoms with Crippen LogP contribution in [0.5, 0.6) is 5.75 Å². The number of aryl methyl sites for hydroxylation is 1. The molecule has 28 heavy (non-hydrogen) atoms. The number of alkyl halides is 2. The minimum absolute atomic E-state index is 0.0738. The molecule has 2 aromatic carbocycles. The highest BCUT2D eigenvalue weighted by molar-refractivity contribution is 7.99. The molecular formula is C21H20F2N2O2S. The summed E-state index contributed by atoms with van der Waals surface area (Å²) in [6.07, 6.45) is 0.610. The van der Waals surface area contributed by atoms with Crippen LogP contribution in [0.1, 0.15) is 11.1 Å². The number of pyridine rings is 1. The van der Waals surface area contributed by atoms with Crippen LogP contribution in [0.4, 0.5) is 8.78 Å². The van der Waals surface area contributed by atoms with Crippen molar-refractivity contribution in [2.75, 3.05) is 12.3 Å². The van der Waals surface area contributed by atoms with Crippen LogP contribution < -0.4 is 10.1 Å². The maximum absolute atomic E-state index is 12.1. The minimum Gasteiger partial charge on any atom is -0.435 e. The molecule has 3 aromatic rings. The van der Waals surface area contributed by atoms with Gasteiger partial charge in [0.15, 0.2) is 0 Å². The quantitative estimate of drug-likeness (QED) is 0.560. The van der Waals surface area contributed by atoms with Gasteiger partial charge in [-0.2, -0.15) is 8.78 Å². The highest BCUT2D eigenvalue weighted by atomic mass is 32.2. The molecule has 1 aromatic heterocycles. The van der Waals surface area contributed by atoms with Crippen molar-refractivity contribution in [3.05, 3.63) is 65.7 Å². The lowest BCUT2D eigenvalue weighted by molar-refractivity contribution is -0.118. The first-order valence-corrected chi connectivity index (χ1v) is 9.79. The Morgan fingerprint density at radius 1 is 1.18 bits per heavy atom. The zero-order valence-electron chi connectivity index (χ0n) is 15.3. The molecule has 0 bridgehead atoms. The number of carbonyl (C=O) groups is 1. The van der Waals surface area contributed by atoms with E-state index in [0.29, 0.717) is 13.0 Å². The number of aromatic nitrogens is 1. The van der Waals surface area contributed by atoms with Crippen LogP contribution in [-0.4, -0.2) is 29.8 Å². The van der Waals surface area contributed by atoms with Gasteiger partial charge in [0.2, 0.25) is 5.91 Å². The Balaban J connectivity index is 1.45. The zero-order valence-corrected chi connectivity index (χ0v) is 16.1. The molecule has 0 atom stereocenters. The number of hydrogen-bond acceptors (Lipinski definition) is 4. The number of carbonyl (C=O) groups excluding carboxylic acids is 1. The molecule has 0 unspecified atom stereocenters. The van der Waals surface area contributed by atoms with Crippen molar-refractivity contribution < 1.29 is 18.3 Å². The van der Waals surface area contributed by atoms with E-state index in [-0.39, 0.29) is 17.4 Å². The predicted molar refractivity (Wildman–Crippen MR) is 107 cm³/mol. The molecule has 0 radical (unpaired) electrons. The van der Waals surface area contributed by atoms with Crippen LogP contribution in [-0.2, 0) is 11.2 Å². The van der Waals surface area contributed by atoms with Gasteiger partial charge in [0.05, 0.1) is 16.3 Å². The molecule has 1 N–H and O–H groups in total. The topological polar surface area (TPSA) is 51.2 Å². The van der Waals surface area contributed by atoms with Gasteiger partial charge in [0.1, 0.15) is 5.75 Å². The zero-order chi connectivity index (χ0) is 19.9. The lowest BCUT2D eigenvalue weighted by atomic mass is 10.1. The largest absolute Gasteiger partial charge is 0.435 e. The number of halogens is 2. The van der Waals surface area contributed by atoms with Gasteiger partial charge in [-0.05, 0) is 48.7 Å². The van der Waals surface area contributed by atoms with Gasteiger partial charge >= 0.3 is 6.61 Å². The van der Waals surface area contributed by atoms with Crippen molar-refractivity contribution >= 4 is 28.6 Å². The summed E-state index contributed by atoms with van der Waals surface area (Å²) in [5, 5.41) is 4.79. The van der Waals surface area contributed by atoms with Gasteiger partial charge in [-0.25, -0.2) is 4.98 Å². The highest BCUT2D eigenvalue weighted by Gasteiger charge is 2.07. The van der Waals surface area contributed by atoms with Crippen molar-refractivity contribution in [2.45, 2.75) is 25.0 Å². The van der Waals surface area contributed by atoms with Crippen LogP contribution >= 0.6 is 11.8 Å². The normalized spacial score (nSPS) is 11.0. The average Bonchev–Trinajstić information content (AvgIpc) is 2.67. The molecule has 1 heterocycles. The van der Waals surface area contributed by atoms with E-state index in [1.165, 1.54) is 23.9 Å². The van der Waals surface area contributed by atoms with E-state index >= 15 is 0 Å². The second-order valence-electron chi connectivity index (χ2n) is 6.21. The number of amides is 1. The lowest BCUT2D eigenvalue weighted by Gasteiger charge is -2.08. The van der Waals surface area contributed by atoms with Gasteiger partial charge in [0.25, 0.3) is 0 Å². The Kier molecular flexibility index (Phi) is 6.81. The second-order valence-corrected chi connectivity index (χ2v) is 7.20. The fourth-order valence-electron chi connectivity index (χ4n) is 2.77. The number of nitrogens with zero attached hydrogens (tertiary/aromatic N) is 1. The van der Waals surface area contributed by atoms with Crippen LogP contribution in [0.2, 0.25) is 0 Å². The van der Waals surface area contributed by atoms with E-state index in [9.17, 15) is 13.6 Å². The average molecular weight is 402 g/mol. The number of hydrogen-bond donors (Lipinski definition) is 1. The third-order valence-corrected chi connectivity index (χ3v) is 5.05. The standard InChI is InChI=1S/C21H20F2N2O2S/c1-14-12-20(25-18-5-3-2-4-17(14)18)28-13-19(26)24-11-10-15-6-8-16(9-7-15)27-21(22)23/h2-9,12,21H,10-11,13H2,1H3,(H,24,26). The van der Waals surface area contributed by atoms with E-state index in [0.717, 1.165) is 27.1 Å². The van der Waals surface area contributed by atoms with E-state index < -0.39 is 6.61 Å². The number of nitrogens with one attached hydrogen (secondary N) is 1. The SMILES string of the molecule is Cc1cc(SCC(=O)NCCc2ccc(OC(F)F)cc2)nc2ccccc12. The summed E-state index contributed by atoms with van der Waals surface area (Å²) in [5.74, 6) is 0.332. The summed E-state index contributed by atoms with van der Waals surface area (Å²) < 4.78 is 28.6. The summed E-state index contributed by atoms with van der Waals surface area (Å²) >= 11 is 1.40. The summed E-state index contributed by atoms with van der Waals surface area (Å²) in [5.41, 5.74) is 2.99. The minimum atomic E-state index is -2.83. The fourth-order valence-corrected chi connectivity index (χ4v) is 3.57. The van der Waals surface area contributed by atoms with Crippen LogP contribution in [0.15, 0.2) is 59.6 Å². The third kappa shape index (κ3) is 5.66. The van der Waals surface area contributed by atoms with E-state index in [1.54, 1.807) is 12.1 Å². The molecule has 0 saturated carbocycles. The lowest BCUT2D eigenvalue weighted by Crippen LogP contribution is -2.27. The number of fused-ring (bicyclic) bond motifs is 1. The Hall–Kier alpha value is -2.67. The second kappa shape index (κ2) is 9.50. The molecule has 3 rings (SSSR count). The van der Waals surface area contributed by atoms with E-state index in [2.05, 4.69) is 15.0 Å². The molecule has 1 amide bonds.